The molecule has 1 unspecified atom stereocenters. The van der Waals surface area contributed by atoms with Gasteiger partial charge in [-0.25, -0.2) is 0 Å². The van der Waals surface area contributed by atoms with Crippen LogP contribution in [0.25, 0.3) is 0 Å². The van der Waals surface area contributed by atoms with Crippen LogP contribution in [0.15, 0.2) is 0 Å². The average Bonchev–Trinajstić information content (AvgIpc) is 2.13. The number of carboxylic acids is 1. The third-order valence-electron chi connectivity index (χ3n) is 1.20. The van der Waals surface area contributed by atoms with Crippen molar-refractivity contribution >= 4 is 23.6 Å². The number of amides is 1. The molecule has 0 rings (SSSR count). The molecule has 0 aromatic heterocycles. The van der Waals surface area contributed by atoms with Crippen molar-refractivity contribution in [3.8, 4) is 0 Å². The average molecular weight is 223 g/mol. The van der Waals surface area contributed by atoms with Crippen molar-refractivity contribution in [2.75, 3.05) is 24.7 Å². The Balaban J connectivity index is 3.41. The summed E-state index contributed by atoms with van der Waals surface area (Å²) in [4.78, 5) is 21.0. The molecule has 6 nitrogen and oxygen atoms in total. The topological polar surface area (TPSA) is 107 Å². The molecule has 1 amide bonds. The molecule has 0 fully saturated rings. The molecule has 0 bridgehead atoms. The summed E-state index contributed by atoms with van der Waals surface area (Å²) in [6.45, 7) is -0.439. The fourth-order valence-electron chi connectivity index (χ4n) is 0.578. The summed E-state index contributed by atoms with van der Waals surface area (Å²) in [6, 6.07) is 0. The Morgan fingerprint density at radius 2 is 2.00 bits per heavy atom. The van der Waals surface area contributed by atoms with Crippen LogP contribution in [0.4, 0.5) is 0 Å². The predicted molar refractivity (Wildman–Crippen MR) is 51.1 cm³/mol. The molecule has 0 aromatic carbocycles. The Morgan fingerprint density at radius 3 is 2.50 bits per heavy atom. The summed E-state index contributed by atoms with van der Waals surface area (Å²) in [5, 5.41) is 27.9. The molecule has 7 heteroatoms. The third-order valence-corrected chi connectivity index (χ3v) is 2.12. The minimum absolute atomic E-state index is 0.0248. The third kappa shape index (κ3) is 7.84. The fraction of sp³-hybridized carbons (Fsp3) is 0.714. The van der Waals surface area contributed by atoms with Crippen molar-refractivity contribution in [3.05, 3.63) is 0 Å². The lowest BCUT2D eigenvalue weighted by molar-refractivity contribution is -0.133. The Labute approximate surface area is 85.3 Å². The number of carboxylic acid groups (broad SMARTS) is 1. The lowest BCUT2D eigenvalue weighted by Crippen LogP contribution is -2.35. The molecule has 0 spiro atoms. The highest BCUT2D eigenvalue weighted by molar-refractivity contribution is 8.00. The first kappa shape index (κ1) is 13.2. The van der Waals surface area contributed by atoms with Crippen molar-refractivity contribution in [2.45, 2.75) is 6.10 Å². The van der Waals surface area contributed by atoms with Gasteiger partial charge in [-0.05, 0) is 0 Å². The van der Waals surface area contributed by atoms with Gasteiger partial charge in [0.15, 0.2) is 0 Å². The van der Waals surface area contributed by atoms with Gasteiger partial charge < -0.3 is 20.6 Å². The zero-order valence-electron chi connectivity index (χ0n) is 7.47. The van der Waals surface area contributed by atoms with Gasteiger partial charge in [-0.2, -0.15) is 0 Å². The van der Waals surface area contributed by atoms with Crippen molar-refractivity contribution in [3.63, 3.8) is 0 Å². The first-order valence-corrected chi connectivity index (χ1v) is 5.07. The van der Waals surface area contributed by atoms with Crippen molar-refractivity contribution < 1.29 is 24.9 Å². The first-order chi connectivity index (χ1) is 6.56. The van der Waals surface area contributed by atoms with Crippen molar-refractivity contribution in [1.29, 1.82) is 0 Å². The normalized spacial score (nSPS) is 12.1. The maximum atomic E-state index is 10.9. The second kappa shape index (κ2) is 7.60. The molecule has 0 aliphatic carbocycles. The molecule has 0 aliphatic rings. The SMILES string of the molecule is O=C(O)CSCC(=O)NCC(O)CO. The molecule has 14 heavy (non-hydrogen) atoms. The second-order valence-electron chi connectivity index (χ2n) is 2.53. The van der Waals surface area contributed by atoms with E-state index in [0.717, 1.165) is 11.8 Å². The van der Waals surface area contributed by atoms with Gasteiger partial charge in [-0.1, -0.05) is 0 Å². The van der Waals surface area contributed by atoms with Gasteiger partial charge >= 0.3 is 5.97 Å². The monoisotopic (exact) mass is 223 g/mol. The van der Waals surface area contributed by atoms with Gasteiger partial charge in [0, 0.05) is 6.54 Å². The molecular weight excluding hydrogens is 210 g/mol. The maximum absolute atomic E-state index is 10.9. The van der Waals surface area contributed by atoms with Gasteiger partial charge in [0.2, 0.25) is 5.91 Å². The molecule has 0 aromatic rings. The number of carbonyl (C=O) groups excluding carboxylic acids is 1. The van der Waals surface area contributed by atoms with Crippen LogP contribution in [0.5, 0.6) is 0 Å². The zero-order chi connectivity index (χ0) is 11.0. The summed E-state index contributed by atoms with van der Waals surface area (Å²) >= 11 is 0.973. The van der Waals surface area contributed by atoms with Gasteiger partial charge in [-0.3, -0.25) is 9.59 Å². The Kier molecular flexibility index (Phi) is 7.17. The maximum Gasteiger partial charge on any atom is 0.313 e. The second-order valence-corrected chi connectivity index (χ2v) is 3.51. The molecule has 0 aliphatic heterocycles. The minimum Gasteiger partial charge on any atom is -0.481 e. The van der Waals surface area contributed by atoms with E-state index < -0.39 is 18.7 Å². The zero-order valence-corrected chi connectivity index (χ0v) is 8.29. The quantitative estimate of drug-likeness (QED) is 0.409. The largest absolute Gasteiger partial charge is 0.481 e. The predicted octanol–water partition coefficient (Wildman–Crippen LogP) is -1.73. The standard InChI is InChI=1S/C7H13NO5S/c9-2-5(10)1-8-6(11)3-14-4-7(12)13/h5,9-10H,1-4H2,(H,8,11)(H,12,13). The van der Waals surface area contributed by atoms with E-state index in [1.165, 1.54) is 0 Å². The highest BCUT2D eigenvalue weighted by Crippen LogP contribution is 1.97. The lowest BCUT2D eigenvalue weighted by Gasteiger charge is -2.08. The fourth-order valence-corrected chi connectivity index (χ4v) is 1.14. The molecular formula is C7H13NO5S. The van der Waals surface area contributed by atoms with E-state index >= 15 is 0 Å². The van der Waals surface area contributed by atoms with Crippen LogP contribution in [-0.4, -0.2) is 58.0 Å². The molecule has 4 N–H and O–H groups in total. The van der Waals surface area contributed by atoms with Crippen LogP contribution >= 0.6 is 11.8 Å². The van der Waals surface area contributed by atoms with Gasteiger partial charge in [-0.15, -0.1) is 11.8 Å². The van der Waals surface area contributed by atoms with Gasteiger partial charge in [0.25, 0.3) is 0 Å². The van der Waals surface area contributed by atoms with Crippen LogP contribution in [0.3, 0.4) is 0 Å². The Bertz CT molecular complexity index is 199. The highest BCUT2D eigenvalue weighted by atomic mass is 32.2. The Morgan fingerprint density at radius 1 is 1.36 bits per heavy atom. The molecule has 0 heterocycles. The molecule has 0 radical (unpaired) electrons. The van der Waals surface area contributed by atoms with Gasteiger partial charge in [0.1, 0.15) is 0 Å². The Hall–Kier alpha value is -0.790. The summed E-state index contributed by atoms with van der Waals surface area (Å²) < 4.78 is 0. The number of aliphatic hydroxyl groups excluding tert-OH is 2. The molecule has 0 saturated carbocycles. The summed E-state index contributed by atoms with van der Waals surface area (Å²) in [5.41, 5.74) is 0. The van der Waals surface area contributed by atoms with E-state index in [0.29, 0.717) is 0 Å². The number of aliphatic hydroxyl groups is 2. The number of nitrogens with one attached hydrogen (secondary N) is 1. The minimum atomic E-state index is -0.974. The van der Waals surface area contributed by atoms with Crippen molar-refractivity contribution in [2.24, 2.45) is 0 Å². The number of hydrogen-bond donors (Lipinski definition) is 4. The number of carbonyl (C=O) groups is 2. The van der Waals surface area contributed by atoms with E-state index in [1.54, 1.807) is 0 Å². The summed E-state index contributed by atoms with van der Waals surface area (Å²) in [6.07, 6.45) is -0.969. The van der Waals surface area contributed by atoms with Crippen molar-refractivity contribution in [1.82, 2.24) is 5.32 Å². The summed E-state index contributed by atoms with van der Waals surface area (Å²) in [5.74, 6) is -1.43. The lowest BCUT2D eigenvalue weighted by atomic mass is 10.4. The molecule has 0 saturated heterocycles. The molecule has 1 atom stereocenters. The van der Waals surface area contributed by atoms with E-state index in [1.807, 2.05) is 0 Å². The van der Waals surface area contributed by atoms with E-state index in [2.05, 4.69) is 5.32 Å². The first-order valence-electron chi connectivity index (χ1n) is 3.91. The number of thioether (sulfide) groups is 1. The van der Waals surface area contributed by atoms with Crippen LogP contribution < -0.4 is 5.32 Å². The smallest absolute Gasteiger partial charge is 0.313 e. The van der Waals surface area contributed by atoms with E-state index in [4.69, 9.17) is 15.3 Å². The van der Waals surface area contributed by atoms with Gasteiger partial charge in [0.05, 0.1) is 24.2 Å². The van der Waals surface area contributed by atoms with E-state index in [9.17, 15) is 9.59 Å². The van der Waals surface area contributed by atoms with Crippen LogP contribution in [0.1, 0.15) is 0 Å². The number of hydrogen-bond acceptors (Lipinski definition) is 5. The summed E-state index contributed by atoms with van der Waals surface area (Å²) in [7, 11) is 0. The number of aliphatic carboxylic acids is 1. The highest BCUT2D eigenvalue weighted by Gasteiger charge is 2.06. The van der Waals surface area contributed by atoms with Crippen LogP contribution in [-0.2, 0) is 9.59 Å². The van der Waals surface area contributed by atoms with Crippen LogP contribution in [0.2, 0.25) is 0 Å². The molecule has 82 valence electrons. The van der Waals surface area contributed by atoms with E-state index in [-0.39, 0.29) is 24.0 Å². The number of rotatable bonds is 7. The van der Waals surface area contributed by atoms with Crippen LogP contribution in [0, 0.1) is 0 Å².